The molecule has 104 valence electrons. The van der Waals surface area contributed by atoms with Crippen molar-refractivity contribution < 1.29 is 4.92 Å². The molecule has 3 N–H and O–H groups in total. The van der Waals surface area contributed by atoms with E-state index >= 15 is 0 Å². The lowest BCUT2D eigenvalue weighted by atomic mass is 10.0. The molecule has 19 heavy (non-hydrogen) atoms. The van der Waals surface area contributed by atoms with Crippen LogP contribution in [0.2, 0.25) is 0 Å². The van der Waals surface area contributed by atoms with Crippen molar-refractivity contribution in [1.29, 1.82) is 0 Å². The number of nitro groups is 1. The van der Waals surface area contributed by atoms with Gasteiger partial charge < -0.3 is 11.1 Å². The van der Waals surface area contributed by atoms with Gasteiger partial charge in [-0.1, -0.05) is 19.8 Å². The third-order valence-electron chi connectivity index (χ3n) is 3.78. The molecule has 0 amide bonds. The lowest BCUT2D eigenvalue weighted by Gasteiger charge is -2.18. The Hall–Kier alpha value is -1.78. The number of non-ortho nitro benzene ring substituents is 1. The number of nitrogens with two attached hydrogens (primary N) is 1. The Kier molecular flexibility index (Phi) is 4.24. The summed E-state index contributed by atoms with van der Waals surface area (Å²) in [7, 11) is 0. The highest BCUT2D eigenvalue weighted by atomic mass is 16.6. The summed E-state index contributed by atoms with van der Waals surface area (Å²) in [5, 5.41) is 14.2. The first-order chi connectivity index (χ1) is 9.04. The molecule has 0 aliphatic heterocycles. The van der Waals surface area contributed by atoms with Gasteiger partial charge in [-0.25, -0.2) is 0 Å². The van der Waals surface area contributed by atoms with Gasteiger partial charge in [0.1, 0.15) is 0 Å². The molecule has 0 spiro atoms. The van der Waals surface area contributed by atoms with Crippen molar-refractivity contribution in [3.8, 4) is 0 Å². The van der Waals surface area contributed by atoms with Gasteiger partial charge in [-0.15, -0.1) is 0 Å². The third-order valence-corrected chi connectivity index (χ3v) is 3.78. The van der Waals surface area contributed by atoms with Crippen molar-refractivity contribution in [2.24, 2.45) is 5.92 Å². The van der Waals surface area contributed by atoms with E-state index in [1.165, 1.54) is 25.3 Å². The molecular formula is C14H21N3O2. The minimum atomic E-state index is -0.406. The maximum atomic E-state index is 10.8. The van der Waals surface area contributed by atoms with Crippen molar-refractivity contribution in [1.82, 2.24) is 0 Å². The Balaban J connectivity index is 2.07. The molecule has 1 aromatic carbocycles. The van der Waals surface area contributed by atoms with E-state index < -0.39 is 4.92 Å². The zero-order chi connectivity index (χ0) is 13.8. The number of nitrogens with zero attached hydrogens (tertiary/aromatic N) is 1. The van der Waals surface area contributed by atoms with E-state index in [0.29, 0.717) is 11.7 Å². The van der Waals surface area contributed by atoms with Crippen LogP contribution < -0.4 is 11.1 Å². The van der Waals surface area contributed by atoms with Crippen LogP contribution in [0.15, 0.2) is 18.2 Å². The second-order valence-corrected chi connectivity index (χ2v) is 5.53. The van der Waals surface area contributed by atoms with E-state index in [2.05, 4.69) is 12.2 Å². The predicted octanol–water partition coefficient (Wildman–Crippen LogP) is 3.56. The maximum Gasteiger partial charge on any atom is 0.273 e. The molecule has 2 unspecified atom stereocenters. The molecule has 0 heterocycles. The summed E-state index contributed by atoms with van der Waals surface area (Å²) in [6.07, 6.45) is 5.93. The van der Waals surface area contributed by atoms with Gasteiger partial charge in [0.25, 0.3) is 5.69 Å². The molecule has 1 aliphatic rings. The molecule has 0 bridgehead atoms. The van der Waals surface area contributed by atoms with Crippen LogP contribution in [0.3, 0.4) is 0 Å². The van der Waals surface area contributed by atoms with Gasteiger partial charge in [0, 0.05) is 29.5 Å². The smallest absolute Gasteiger partial charge is 0.273 e. The fraction of sp³-hybridized carbons (Fsp3) is 0.571. The Bertz CT molecular complexity index is 462. The van der Waals surface area contributed by atoms with Crippen LogP contribution in [-0.4, -0.2) is 11.0 Å². The van der Waals surface area contributed by atoms with Crippen molar-refractivity contribution in [3.63, 3.8) is 0 Å². The van der Waals surface area contributed by atoms with Crippen LogP contribution in [0.5, 0.6) is 0 Å². The highest BCUT2D eigenvalue weighted by Gasteiger charge is 2.17. The van der Waals surface area contributed by atoms with Crippen LogP contribution in [0.4, 0.5) is 17.1 Å². The second kappa shape index (κ2) is 5.91. The lowest BCUT2D eigenvalue weighted by molar-refractivity contribution is -0.384. The highest BCUT2D eigenvalue weighted by molar-refractivity contribution is 5.61. The van der Waals surface area contributed by atoms with Crippen LogP contribution in [0, 0.1) is 16.0 Å². The predicted molar refractivity (Wildman–Crippen MR) is 77.2 cm³/mol. The fourth-order valence-corrected chi connectivity index (χ4v) is 2.69. The minimum Gasteiger partial charge on any atom is -0.398 e. The lowest BCUT2D eigenvalue weighted by Crippen LogP contribution is -2.18. The maximum absolute atomic E-state index is 10.8. The van der Waals surface area contributed by atoms with Crippen molar-refractivity contribution in [2.45, 2.75) is 45.1 Å². The monoisotopic (exact) mass is 263 g/mol. The van der Waals surface area contributed by atoms with Crippen molar-refractivity contribution >= 4 is 17.1 Å². The molecular weight excluding hydrogens is 242 g/mol. The SMILES string of the molecule is CC1CCCC(Nc2cc(N)cc([N+](=O)[O-])c2)CC1. The summed E-state index contributed by atoms with van der Waals surface area (Å²) >= 11 is 0. The summed E-state index contributed by atoms with van der Waals surface area (Å²) in [5.41, 5.74) is 6.94. The minimum absolute atomic E-state index is 0.0458. The van der Waals surface area contributed by atoms with Crippen LogP contribution in [0.1, 0.15) is 39.0 Å². The number of hydrogen-bond donors (Lipinski definition) is 2. The van der Waals surface area contributed by atoms with E-state index in [1.54, 1.807) is 12.1 Å². The summed E-state index contributed by atoms with van der Waals surface area (Å²) in [6, 6.07) is 5.11. The number of rotatable bonds is 3. The molecule has 5 nitrogen and oxygen atoms in total. The van der Waals surface area contributed by atoms with Crippen molar-refractivity contribution in [2.75, 3.05) is 11.1 Å². The first kappa shape index (κ1) is 13.6. The number of benzene rings is 1. The summed E-state index contributed by atoms with van der Waals surface area (Å²) in [4.78, 5) is 10.4. The Labute approximate surface area is 113 Å². The molecule has 0 aromatic heterocycles. The Morgan fingerprint density at radius 3 is 2.79 bits per heavy atom. The van der Waals surface area contributed by atoms with Gasteiger partial charge in [-0.3, -0.25) is 10.1 Å². The van der Waals surface area contributed by atoms with E-state index in [0.717, 1.165) is 24.4 Å². The second-order valence-electron chi connectivity index (χ2n) is 5.53. The number of nitrogen functional groups attached to an aromatic ring is 1. The van der Waals surface area contributed by atoms with E-state index in [4.69, 9.17) is 5.73 Å². The summed E-state index contributed by atoms with van der Waals surface area (Å²) in [6.45, 7) is 2.29. The topological polar surface area (TPSA) is 81.2 Å². The van der Waals surface area contributed by atoms with E-state index in [1.807, 2.05) is 0 Å². The number of anilines is 2. The number of hydrogen-bond acceptors (Lipinski definition) is 4. The van der Waals surface area contributed by atoms with Gasteiger partial charge in [0.05, 0.1) is 4.92 Å². The fourth-order valence-electron chi connectivity index (χ4n) is 2.69. The van der Waals surface area contributed by atoms with Gasteiger partial charge in [0.2, 0.25) is 0 Å². The largest absolute Gasteiger partial charge is 0.398 e. The molecule has 2 atom stereocenters. The zero-order valence-electron chi connectivity index (χ0n) is 11.3. The van der Waals surface area contributed by atoms with Crippen molar-refractivity contribution in [3.05, 3.63) is 28.3 Å². The normalized spacial score (nSPS) is 23.6. The van der Waals surface area contributed by atoms with Crippen LogP contribution >= 0.6 is 0 Å². The van der Waals surface area contributed by atoms with Crippen LogP contribution in [-0.2, 0) is 0 Å². The van der Waals surface area contributed by atoms with Gasteiger partial charge in [-0.05, 0) is 31.2 Å². The summed E-state index contributed by atoms with van der Waals surface area (Å²) in [5.74, 6) is 0.780. The molecule has 1 fully saturated rings. The standard InChI is InChI=1S/C14H21N3O2/c1-10-3-2-4-12(6-5-10)16-13-7-11(15)8-14(9-13)17(18)19/h7-10,12,16H,2-6,15H2,1H3. The molecule has 1 saturated carbocycles. The average molecular weight is 263 g/mol. The van der Waals surface area contributed by atoms with E-state index in [9.17, 15) is 10.1 Å². The first-order valence-electron chi connectivity index (χ1n) is 6.86. The molecule has 0 radical (unpaired) electrons. The molecule has 5 heteroatoms. The average Bonchev–Trinajstić information content (AvgIpc) is 2.54. The van der Waals surface area contributed by atoms with Crippen LogP contribution in [0.25, 0.3) is 0 Å². The quantitative estimate of drug-likeness (QED) is 0.378. The van der Waals surface area contributed by atoms with E-state index in [-0.39, 0.29) is 5.69 Å². The molecule has 2 rings (SSSR count). The third kappa shape index (κ3) is 3.84. The van der Waals surface area contributed by atoms with Gasteiger partial charge >= 0.3 is 0 Å². The molecule has 1 aliphatic carbocycles. The Morgan fingerprint density at radius 2 is 2.05 bits per heavy atom. The van der Waals surface area contributed by atoms with Gasteiger partial charge in [0.15, 0.2) is 0 Å². The summed E-state index contributed by atoms with van der Waals surface area (Å²) < 4.78 is 0. The Morgan fingerprint density at radius 1 is 1.26 bits per heavy atom. The van der Waals surface area contributed by atoms with Gasteiger partial charge in [-0.2, -0.15) is 0 Å². The zero-order valence-corrected chi connectivity index (χ0v) is 11.3. The highest BCUT2D eigenvalue weighted by Crippen LogP contribution is 2.27. The first-order valence-corrected chi connectivity index (χ1v) is 6.86. The number of nitrogens with one attached hydrogen (secondary N) is 1. The molecule has 1 aromatic rings. The number of nitro benzene ring substituents is 1. The molecule has 0 saturated heterocycles.